The lowest BCUT2D eigenvalue weighted by Crippen LogP contribution is -1.96. The van der Waals surface area contributed by atoms with Crippen LogP contribution < -0.4 is 0 Å². The van der Waals surface area contributed by atoms with Gasteiger partial charge in [-0.1, -0.05) is 60.3 Å². The molecule has 0 atom stereocenters. The van der Waals surface area contributed by atoms with E-state index in [1.54, 1.807) is 12.1 Å². The number of benzene rings is 2. The topological polar surface area (TPSA) is 40.5 Å². The van der Waals surface area contributed by atoms with Crippen LogP contribution in [0, 0.1) is 0 Å². The second kappa shape index (κ2) is 7.88. The standard InChI is InChI=1S/C18H16Cl4O2/c1-3-9-5-11(13(19)7-15(9)23)17(18(21)22)12-6-10(4-2)16(24)8-14(12)20/h5-8,23-24H,3-4H2,1-2H3. The van der Waals surface area contributed by atoms with Crippen molar-refractivity contribution in [3.63, 3.8) is 0 Å². The fourth-order valence-corrected chi connectivity index (χ4v) is 3.43. The zero-order chi connectivity index (χ0) is 18.0. The number of aryl methyl sites for hydroxylation is 2. The summed E-state index contributed by atoms with van der Waals surface area (Å²) >= 11 is 24.9. The van der Waals surface area contributed by atoms with Crippen molar-refractivity contribution in [2.45, 2.75) is 26.7 Å². The van der Waals surface area contributed by atoms with Crippen LogP contribution in [0.3, 0.4) is 0 Å². The summed E-state index contributed by atoms with van der Waals surface area (Å²) < 4.78 is -0.000661. The number of aromatic hydroxyl groups is 2. The van der Waals surface area contributed by atoms with E-state index in [1.807, 2.05) is 13.8 Å². The highest BCUT2D eigenvalue weighted by molar-refractivity contribution is 6.59. The van der Waals surface area contributed by atoms with Gasteiger partial charge < -0.3 is 10.2 Å². The van der Waals surface area contributed by atoms with Crippen LogP contribution in [0.5, 0.6) is 11.5 Å². The van der Waals surface area contributed by atoms with Gasteiger partial charge in [0.05, 0.1) is 10.0 Å². The first-order valence-electron chi connectivity index (χ1n) is 7.38. The highest BCUT2D eigenvalue weighted by Gasteiger charge is 2.19. The van der Waals surface area contributed by atoms with E-state index in [-0.39, 0.29) is 16.0 Å². The minimum atomic E-state index is -0.000661. The molecule has 128 valence electrons. The number of rotatable bonds is 4. The van der Waals surface area contributed by atoms with E-state index in [1.165, 1.54) is 12.1 Å². The highest BCUT2D eigenvalue weighted by atomic mass is 35.5. The molecule has 2 rings (SSSR count). The zero-order valence-electron chi connectivity index (χ0n) is 13.1. The second-order valence-electron chi connectivity index (χ2n) is 5.26. The Bertz CT molecular complexity index is 748. The monoisotopic (exact) mass is 404 g/mol. The van der Waals surface area contributed by atoms with Gasteiger partial charge in [-0.25, -0.2) is 0 Å². The third-order valence-electron chi connectivity index (χ3n) is 3.83. The molecule has 0 saturated heterocycles. The Morgan fingerprint density at radius 1 is 0.792 bits per heavy atom. The Labute approximate surface area is 161 Å². The van der Waals surface area contributed by atoms with Gasteiger partial charge in [0, 0.05) is 16.7 Å². The summed E-state index contributed by atoms with van der Waals surface area (Å²) in [5.74, 6) is 0.227. The quantitative estimate of drug-likeness (QED) is 0.592. The Balaban J connectivity index is 2.77. The van der Waals surface area contributed by atoms with Gasteiger partial charge in [0.2, 0.25) is 0 Å². The van der Waals surface area contributed by atoms with Crippen molar-refractivity contribution >= 4 is 52.0 Å². The highest BCUT2D eigenvalue weighted by Crippen LogP contribution is 2.42. The van der Waals surface area contributed by atoms with Crippen molar-refractivity contribution in [1.29, 1.82) is 0 Å². The van der Waals surface area contributed by atoms with E-state index in [2.05, 4.69) is 0 Å². The van der Waals surface area contributed by atoms with Crippen LogP contribution in [0.1, 0.15) is 36.1 Å². The van der Waals surface area contributed by atoms with Crippen LogP contribution in [0.25, 0.3) is 5.57 Å². The van der Waals surface area contributed by atoms with E-state index in [4.69, 9.17) is 46.4 Å². The fraction of sp³-hybridized carbons (Fsp3) is 0.222. The second-order valence-corrected chi connectivity index (χ2v) is 7.03. The molecule has 0 aliphatic heterocycles. The van der Waals surface area contributed by atoms with Crippen LogP contribution in [0.15, 0.2) is 28.8 Å². The Morgan fingerprint density at radius 2 is 1.17 bits per heavy atom. The lowest BCUT2D eigenvalue weighted by molar-refractivity contribution is 0.468. The predicted molar refractivity (Wildman–Crippen MR) is 103 cm³/mol. The molecule has 2 nitrogen and oxygen atoms in total. The maximum Gasteiger partial charge on any atom is 0.120 e. The van der Waals surface area contributed by atoms with E-state index in [0.29, 0.717) is 50.7 Å². The van der Waals surface area contributed by atoms with Gasteiger partial charge in [0.15, 0.2) is 0 Å². The summed E-state index contributed by atoms with van der Waals surface area (Å²) in [7, 11) is 0. The summed E-state index contributed by atoms with van der Waals surface area (Å²) in [5.41, 5.74) is 3.03. The van der Waals surface area contributed by atoms with E-state index < -0.39 is 0 Å². The zero-order valence-corrected chi connectivity index (χ0v) is 16.2. The third-order valence-corrected chi connectivity index (χ3v) is 4.83. The van der Waals surface area contributed by atoms with Crippen molar-refractivity contribution in [2.24, 2.45) is 0 Å². The molecule has 0 spiro atoms. The van der Waals surface area contributed by atoms with Gasteiger partial charge in [-0.15, -0.1) is 0 Å². The van der Waals surface area contributed by atoms with E-state index in [9.17, 15) is 10.2 Å². The van der Waals surface area contributed by atoms with Crippen molar-refractivity contribution < 1.29 is 10.2 Å². The maximum atomic E-state index is 9.95. The molecule has 0 aliphatic carbocycles. The average Bonchev–Trinajstić information content (AvgIpc) is 2.51. The molecular weight excluding hydrogens is 390 g/mol. The molecule has 0 amide bonds. The number of hydrogen-bond donors (Lipinski definition) is 2. The fourth-order valence-electron chi connectivity index (χ4n) is 2.51. The number of hydrogen-bond acceptors (Lipinski definition) is 2. The molecule has 0 bridgehead atoms. The van der Waals surface area contributed by atoms with Crippen molar-refractivity contribution in [1.82, 2.24) is 0 Å². The molecule has 0 radical (unpaired) electrons. The molecule has 0 aliphatic rings. The Morgan fingerprint density at radius 3 is 1.46 bits per heavy atom. The van der Waals surface area contributed by atoms with Gasteiger partial charge >= 0.3 is 0 Å². The van der Waals surface area contributed by atoms with Gasteiger partial charge in [-0.2, -0.15) is 0 Å². The lowest BCUT2D eigenvalue weighted by atomic mass is 9.94. The molecule has 0 fully saturated rings. The Hall–Kier alpha value is -1.06. The van der Waals surface area contributed by atoms with Gasteiger partial charge in [-0.3, -0.25) is 0 Å². The average molecular weight is 406 g/mol. The molecule has 0 aromatic heterocycles. The number of phenolic OH excluding ortho intramolecular Hbond substituents is 2. The molecule has 0 saturated carbocycles. The first-order valence-corrected chi connectivity index (χ1v) is 8.90. The molecule has 2 aromatic rings. The lowest BCUT2D eigenvalue weighted by Gasteiger charge is -2.16. The summed E-state index contributed by atoms with van der Waals surface area (Å²) in [6.45, 7) is 3.84. The van der Waals surface area contributed by atoms with Gasteiger partial charge in [-0.05, 0) is 48.2 Å². The molecule has 0 unspecified atom stereocenters. The van der Waals surface area contributed by atoms with Crippen LogP contribution in [0.2, 0.25) is 10.0 Å². The van der Waals surface area contributed by atoms with Crippen LogP contribution in [-0.2, 0) is 12.8 Å². The Kier molecular flexibility index (Phi) is 6.33. The summed E-state index contributed by atoms with van der Waals surface area (Å²) in [6.07, 6.45) is 1.24. The predicted octanol–water partition coefficient (Wildman–Crippen LogP) is 6.72. The number of phenols is 2. The summed E-state index contributed by atoms with van der Waals surface area (Å²) in [5, 5.41) is 20.5. The first kappa shape index (κ1) is 19.3. The SMILES string of the molecule is CCc1cc(C(=C(Cl)Cl)c2cc(CC)c(O)cc2Cl)c(Cl)cc1O. The molecule has 6 heteroatoms. The van der Waals surface area contributed by atoms with Crippen LogP contribution in [0.4, 0.5) is 0 Å². The molecule has 24 heavy (non-hydrogen) atoms. The minimum absolute atomic E-state index is 0.000661. The molecule has 2 N–H and O–H groups in total. The third kappa shape index (κ3) is 3.78. The maximum absolute atomic E-state index is 9.95. The van der Waals surface area contributed by atoms with Crippen LogP contribution in [-0.4, -0.2) is 10.2 Å². The minimum Gasteiger partial charge on any atom is -0.508 e. The van der Waals surface area contributed by atoms with E-state index >= 15 is 0 Å². The summed E-state index contributed by atoms with van der Waals surface area (Å²) in [4.78, 5) is 0. The van der Waals surface area contributed by atoms with Crippen molar-refractivity contribution in [3.8, 4) is 11.5 Å². The van der Waals surface area contributed by atoms with Gasteiger partial charge in [0.25, 0.3) is 0 Å². The van der Waals surface area contributed by atoms with Crippen molar-refractivity contribution in [2.75, 3.05) is 0 Å². The first-order chi connectivity index (χ1) is 11.3. The molecule has 2 aromatic carbocycles. The van der Waals surface area contributed by atoms with Crippen LogP contribution >= 0.6 is 46.4 Å². The number of halogens is 4. The summed E-state index contributed by atoms with van der Waals surface area (Å²) in [6, 6.07) is 6.40. The van der Waals surface area contributed by atoms with Crippen molar-refractivity contribution in [3.05, 3.63) is 61.1 Å². The molecule has 0 heterocycles. The van der Waals surface area contributed by atoms with Gasteiger partial charge in [0.1, 0.15) is 16.0 Å². The molecular formula is C18H16Cl4O2. The largest absolute Gasteiger partial charge is 0.508 e. The smallest absolute Gasteiger partial charge is 0.120 e. The van der Waals surface area contributed by atoms with E-state index in [0.717, 1.165) is 0 Å². The normalized spacial score (nSPS) is 10.8.